The molecular weight excluding hydrogens is 200 g/mol. The molecule has 0 aromatic carbocycles. The van der Waals surface area contributed by atoms with E-state index in [1.54, 1.807) is 0 Å². The van der Waals surface area contributed by atoms with E-state index in [-0.39, 0.29) is 5.92 Å². The number of hydrogen-bond acceptors (Lipinski definition) is 2. The molecule has 2 unspecified atom stereocenters. The molecule has 2 rings (SSSR count). The fourth-order valence-electron chi connectivity index (χ4n) is 2.69. The fraction of sp³-hybridized carbons (Fsp3) is 0.923. The van der Waals surface area contributed by atoms with Crippen LogP contribution in [0.15, 0.2) is 0 Å². The van der Waals surface area contributed by atoms with Gasteiger partial charge in [-0.15, -0.1) is 0 Å². The van der Waals surface area contributed by atoms with Crippen LogP contribution in [0.25, 0.3) is 0 Å². The lowest BCUT2D eigenvalue weighted by Crippen LogP contribution is -2.50. The highest BCUT2D eigenvalue weighted by atomic mass is 16.2. The zero-order chi connectivity index (χ0) is 11.7. The number of nitrogens with one attached hydrogen (secondary N) is 1. The van der Waals surface area contributed by atoms with Crippen LogP contribution in [-0.2, 0) is 4.79 Å². The summed E-state index contributed by atoms with van der Waals surface area (Å²) in [6.45, 7) is 10.6. The number of amides is 1. The lowest BCUT2D eigenvalue weighted by atomic mass is 9.88. The largest absolute Gasteiger partial charge is 0.342 e. The topological polar surface area (TPSA) is 32.3 Å². The Morgan fingerprint density at radius 2 is 1.94 bits per heavy atom. The van der Waals surface area contributed by atoms with Gasteiger partial charge in [-0.1, -0.05) is 20.8 Å². The smallest absolute Gasteiger partial charge is 0.225 e. The maximum absolute atomic E-state index is 12.2. The zero-order valence-corrected chi connectivity index (χ0v) is 10.7. The van der Waals surface area contributed by atoms with E-state index >= 15 is 0 Å². The Morgan fingerprint density at radius 3 is 2.38 bits per heavy atom. The third-order valence-corrected chi connectivity index (χ3v) is 4.39. The summed E-state index contributed by atoms with van der Waals surface area (Å²) in [6, 6.07) is 0. The molecule has 3 nitrogen and oxygen atoms in total. The van der Waals surface area contributed by atoms with Crippen molar-refractivity contribution in [3.05, 3.63) is 0 Å². The summed E-state index contributed by atoms with van der Waals surface area (Å²) in [6.07, 6.45) is 1.19. The molecule has 0 saturated carbocycles. The Balaban J connectivity index is 1.86. The molecule has 0 bridgehead atoms. The van der Waals surface area contributed by atoms with Crippen molar-refractivity contribution >= 4 is 5.91 Å². The third kappa shape index (κ3) is 2.24. The van der Waals surface area contributed by atoms with Gasteiger partial charge in [0.2, 0.25) is 5.91 Å². The van der Waals surface area contributed by atoms with Gasteiger partial charge < -0.3 is 10.2 Å². The van der Waals surface area contributed by atoms with Crippen LogP contribution in [0.3, 0.4) is 0 Å². The van der Waals surface area contributed by atoms with Crippen molar-refractivity contribution in [3.8, 4) is 0 Å². The molecule has 0 aromatic rings. The minimum absolute atomic E-state index is 0.215. The van der Waals surface area contributed by atoms with E-state index in [4.69, 9.17) is 0 Å². The summed E-state index contributed by atoms with van der Waals surface area (Å²) in [7, 11) is 0. The van der Waals surface area contributed by atoms with Crippen LogP contribution in [0, 0.1) is 23.7 Å². The summed E-state index contributed by atoms with van der Waals surface area (Å²) in [5, 5.41) is 3.24. The highest BCUT2D eigenvalue weighted by Gasteiger charge is 2.35. The molecule has 2 saturated heterocycles. The molecule has 2 aliphatic rings. The van der Waals surface area contributed by atoms with Crippen molar-refractivity contribution in [2.45, 2.75) is 27.2 Å². The number of likely N-dealkylation sites (tertiary alicyclic amines) is 1. The first-order chi connectivity index (χ1) is 7.59. The number of rotatable bonds is 3. The first kappa shape index (κ1) is 11.9. The van der Waals surface area contributed by atoms with Gasteiger partial charge in [0.25, 0.3) is 0 Å². The Kier molecular flexibility index (Phi) is 3.53. The number of carbonyl (C=O) groups excluding carboxylic acids is 1. The molecule has 16 heavy (non-hydrogen) atoms. The van der Waals surface area contributed by atoms with E-state index in [2.05, 4.69) is 31.0 Å². The molecule has 3 heteroatoms. The average molecular weight is 224 g/mol. The van der Waals surface area contributed by atoms with E-state index < -0.39 is 0 Å². The van der Waals surface area contributed by atoms with Crippen LogP contribution in [0.2, 0.25) is 0 Å². The molecule has 0 aliphatic carbocycles. The van der Waals surface area contributed by atoms with E-state index in [0.717, 1.165) is 32.1 Å². The average Bonchev–Trinajstić information content (AvgIpc) is 2.62. The van der Waals surface area contributed by atoms with Crippen LogP contribution < -0.4 is 5.32 Å². The Labute approximate surface area is 98.6 Å². The lowest BCUT2D eigenvalue weighted by Gasteiger charge is -2.34. The number of hydrogen-bond donors (Lipinski definition) is 1. The number of carbonyl (C=O) groups is 1. The maximum atomic E-state index is 12.2. The predicted molar refractivity (Wildman–Crippen MR) is 65.0 cm³/mol. The molecule has 2 atom stereocenters. The molecule has 2 aliphatic heterocycles. The summed E-state index contributed by atoms with van der Waals surface area (Å²) < 4.78 is 0. The molecule has 0 spiro atoms. The summed E-state index contributed by atoms with van der Waals surface area (Å²) in [5.41, 5.74) is 0. The SMILES string of the molecule is CC(C)C1CCN(C(=O)C(C)C2CNC2)C1. The minimum atomic E-state index is 0.215. The van der Waals surface area contributed by atoms with Crippen LogP contribution in [0.4, 0.5) is 0 Å². The van der Waals surface area contributed by atoms with Gasteiger partial charge in [-0.05, 0) is 37.3 Å². The molecule has 2 fully saturated rings. The molecule has 92 valence electrons. The molecule has 2 heterocycles. The first-order valence-electron chi connectivity index (χ1n) is 6.59. The van der Waals surface area contributed by atoms with E-state index in [0.29, 0.717) is 17.7 Å². The predicted octanol–water partition coefficient (Wildman–Crippen LogP) is 1.35. The van der Waals surface area contributed by atoms with E-state index in [1.165, 1.54) is 6.42 Å². The van der Waals surface area contributed by atoms with Crippen molar-refractivity contribution < 1.29 is 4.79 Å². The van der Waals surface area contributed by atoms with Crippen molar-refractivity contribution in [1.29, 1.82) is 0 Å². The van der Waals surface area contributed by atoms with Gasteiger partial charge in [-0.3, -0.25) is 4.79 Å². The normalized spacial score (nSPS) is 28.2. The quantitative estimate of drug-likeness (QED) is 0.785. The van der Waals surface area contributed by atoms with Crippen LogP contribution in [-0.4, -0.2) is 37.0 Å². The second kappa shape index (κ2) is 4.74. The van der Waals surface area contributed by atoms with Crippen molar-refractivity contribution in [3.63, 3.8) is 0 Å². The second-order valence-electron chi connectivity index (χ2n) is 5.78. The van der Waals surface area contributed by atoms with Crippen molar-refractivity contribution in [2.75, 3.05) is 26.2 Å². The monoisotopic (exact) mass is 224 g/mol. The summed E-state index contributed by atoms with van der Waals surface area (Å²) >= 11 is 0. The van der Waals surface area contributed by atoms with Gasteiger partial charge in [0, 0.05) is 19.0 Å². The Bertz CT molecular complexity index is 261. The standard InChI is InChI=1S/C13H24N2O/c1-9(2)11-4-5-15(8-11)13(16)10(3)12-6-14-7-12/h9-12,14H,4-8H2,1-3H3. The molecule has 0 aromatic heterocycles. The third-order valence-electron chi connectivity index (χ3n) is 4.39. The van der Waals surface area contributed by atoms with E-state index in [1.807, 2.05) is 0 Å². The Hall–Kier alpha value is -0.570. The second-order valence-corrected chi connectivity index (χ2v) is 5.78. The van der Waals surface area contributed by atoms with Gasteiger partial charge in [0.05, 0.1) is 0 Å². The van der Waals surface area contributed by atoms with Crippen LogP contribution in [0.1, 0.15) is 27.2 Å². The highest BCUT2D eigenvalue weighted by molar-refractivity contribution is 5.79. The van der Waals surface area contributed by atoms with Gasteiger partial charge in [0.15, 0.2) is 0 Å². The number of nitrogens with zero attached hydrogens (tertiary/aromatic N) is 1. The molecule has 0 radical (unpaired) electrons. The van der Waals surface area contributed by atoms with Gasteiger partial charge >= 0.3 is 0 Å². The fourth-order valence-corrected chi connectivity index (χ4v) is 2.69. The van der Waals surface area contributed by atoms with Crippen molar-refractivity contribution in [2.24, 2.45) is 23.7 Å². The summed E-state index contributed by atoms with van der Waals surface area (Å²) in [5.74, 6) is 2.60. The summed E-state index contributed by atoms with van der Waals surface area (Å²) in [4.78, 5) is 14.3. The van der Waals surface area contributed by atoms with Crippen LogP contribution >= 0.6 is 0 Å². The lowest BCUT2D eigenvalue weighted by molar-refractivity contribution is -0.136. The maximum Gasteiger partial charge on any atom is 0.225 e. The highest BCUT2D eigenvalue weighted by Crippen LogP contribution is 2.27. The zero-order valence-electron chi connectivity index (χ0n) is 10.7. The van der Waals surface area contributed by atoms with Gasteiger partial charge in [-0.2, -0.15) is 0 Å². The molecule has 1 N–H and O–H groups in total. The van der Waals surface area contributed by atoms with Gasteiger partial charge in [0.1, 0.15) is 0 Å². The van der Waals surface area contributed by atoms with Crippen LogP contribution in [0.5, 0.6) is 0 Å². The Morgan fingerprint density at radius 1 is 1.25 bits per heavy atom. The molecular formula is C13H24N2O. The molecule has 1 amide bonds. The minimum Gasteiger partial charge on any atom is -0.342 e. The van der Waals surface area contributed by atoms with E-state index in [9.17, 15) is 4.79 Å². The van der Waals surface area contributed by atoms with Gasteiger partial charge in [-0.25, -0.2) is 0 Å². The van der Waals surface area contributed by atoms with Crippen molar-refractivity contribution in [1.82, 2.24) is 10.2 Å². The first-order valence-corrected chi connectivity index (χ1v) is 6.59.